The van der Waals surface area contributed by atoms with Crippen molar-refractivity contribution in [2.24, 2.45) is 0 Å². The maximum Gasteiger partial charge on any atom is 0.296 e. The number of hydrogen-bond acceptors (Lipinski definition) is 7. The number of aliphatic hydroxyl groups is 1. The number of nitrogens with one attached hydrogen (secondary N) is 1. The van der Waals surface area contributed by atoms with Gasteiger partial charge in [0.2, 0.25) is 0 Å². The van der Waals surface area contributed by atoms with Crippen molar-refractivity contribution in [3.63, 3.8) is 0 Å². The zero-order valence-corrected chi connectivity index (χ0v) is 13.3. The number of aliphatic hydroxyl groups excluding tert-OH is 1. The maximum atomic E-state index is 11.2. The van der Waals surface area contributed by atoms with Crippen LogP contribution in [-0.4, -0.2) is 48.4 Å². The van der Waals surface area contributed by atoms with E-state index in [0.717, 1.165) is 0 Å². The van der Waals surface area contributed by atoms with Crippen LogP contribution in [-0.2, 0) is 0 Å². The van der Waals surface area contributed by atoms with Crippen LogP contribution in [0.15, 0.2) is 12.1 Å². The van der Waals surface area contributed by atoms with E-state index in [2.05, 4.69) is 5.32 Å². The SMILES string of the molecule is COc1cc(NC(C)C(CO)SC)c([N+](=O)[O-])cc1OC. The number of nitrogens with zero attached hydrogens (tertiary/aromatic N) is 1. The van der Waals surface area contributed by atoms with Crippen LogP contribution in [0.5, 0.6) is 11.5 Å². The van der Waals surface area contributed by atoms with Crippen LogP contribution in [0.2, 0.25) is 0 Å². The lowest BCUT2D eigenvalue weighted by molar-refractivity contribution is -0.384. The van der Waals surface area contributed by atoms with Crippen molar-refractivity contribution in [3.05, 3.63) is 22.2 Å². The van der Waals surface area contributed by atoms with Gasteiger partial charge in [-0.3, -0.25) is 10.1 Å². The molecule has 2 unspecified atom stereocenters. The molecule has 7 nitrogen and oxygen atoms in total. The fourth-order valence-corrected chi connectivity index (χ4v) is 2.54. The minimum atomic E-state index is -0.482. The van der Waals surface area contributed by atoms with Crippen molar-refractivity contribution in [3.8, 4) is 11.5 Å². The molecule has 2 N–H and O–H groups in total. The van der Waals surface area contributed by atoms with Gasteiger partial charge in [-0.05, 0) is 13.2 Å². The predicted octanol–water partition coefficient (Wildman–Crippen LogP) is 2.14. The van der Waals surface area contributed by atoms with Crippen LogP contribution in [0.3, 0.4) is 0 Å². The molecule has 0 spiro atoms. The third-order valence-corrected chi connectivity index (χ3v) is 4.28. The summed E-state index contributed by atoms with van der Waals surface area (Å²) in [6.45, 7) is 1.84. The van der Waals surface area contributed by atoms with Crippen LogP contribution in [0.1, 0.15) is 6.92 Å². The molecule has 1 aromatic carbocycles. The van der Waals surface area contributed by atoms with Gasteiger partial charge in [-0.25, -0.2) is 0 Å². The lowest BCUT2D eigenvalue weighted by Gasteiger charge is -2.22. The molecule has 0 aromatic heterocycles. The molecule has 21 heavy (non-hydrogen) atoms. The van der Waals surface area contributed by atoms with Crippen molar-refractivity contribution >= 4 is 23.1 Å². The highest BCUT2D eigenvalue weighted by Gasteiger charge is 2.23. The Morgan fingerprint density at radius 3 is 2.38 bits per heavy atom. The van der Waals surface area contributed by atoms with Crippen molar-refractivity contribution in [1.29, 1.82) is 0 Å². The van der Waals surface area contributed by atoms with E-state index in [4.69, 9.17) is 9.47 Å². The molecule has 2 atom stereocenters. The molecule has 0 aliphatic rings. The molecule has 1 aromatic rings. The Morgan fingerprint density at radius 1 is 1.38 bits per heavy atom. The van der Waals surface area contributed by atoms with Gasteiger partial charge in [0.05, 0.1) is 31.8 Å². The first-order chi connectivity index (χ1) is 9.98. The van der Waals surface area contributed by atoms with Crippen molar-refractivity contribution < 1.29 is 19.5 Å². The number of thioether (sulfide) groups is 1. The van der Waals surface area contributed by atoms with Gasteiger partial charge in [-0.2, -0.15) is 11.8 Å². The lowest BCUT2D eigenvalue weighted by atomic mass is 10.2. The van der Waals surface area contributed by atoms with E-state index in [1.807, 2.05) is 13.2 Å². The zero-order valence-electron chi connectivity index (χ0n) is 12.5. The largest absolute Gasteiger partial charge is 0.493 e. The number of rotatable bonds is 8. The van der Waals surface area contributed by atoms with Gasteiger partial charge in [-0.15, -0.1) is 0 Å². The minimum absolute atomic E-state index is 0.0174. The average molecular weight is 316 g/mol. The Bertz CT molecular complexity index is 494. The van der Waals surface area contributed by atoms with Crippen LogP contribution in [0.4, 0.5) is 11.4 Å². The first-order valence-electron chi connectivity index (χ1n) is 6.29. The summed E-state index contributed by atoms with van der Waals surface area (Å²) in [6, 6.07) is 2.70. The quantitative estimate of drug-likeness (QED) is 0.560. The van der Waals surface area contributed by atoms with Crippen molar-refractivity contribution in [2.75, 3.05) is 32.4 Å². The number of nitro groups is 1. The highest BCUT2D eigenvalue weighted by molar-refractivity contribution is 7.99. The van der Waals surface area contributed by atoms with Crippen LogP contribution in [0.25, 0.3) is 0 Å². The number of benzene rings is 1. The summed E-state index contributed by atoms with van der Waals surface area (Å²) < 4.78 is 10.2. The molecule has 118 valence electrons. The molecule has 0 saturated carbocycles. The van der Waals surface area contributed by atoms with Gasteiger partial charge in [-0.1, -0.05) is 0 Å². The van der Waals surface area contributed by atoms with Crippen LogP contribution < -0.4 is 14.8 Å². The van der Waals surface area contributed by atoms with Crippen molar-refractivity contribution in [2.45, 2.75) is 18.2 Å². The van der Waals surface area contributed by atoms with Gasteiger partial charge in [0.1, 0.15) is 5.69 Å². The summed E-state index contributed by atoms with van der Waals surface area (Å²) in [5.41, 5.74) is 0.231. The summed E-state index contributed by atoms with van der Waals surface area (Å²) in [6.07, 6.45) is 1.88. The van der Waals surface area contributed by atoms with Gasteiger partial charge < -0.3 is 19.9 Å². The second-order valence-electron chi connectivity index (χ2n) is 4.37. The maximum absolute atomic E-state index is 11.2. The Labute approximate surface area is 127 Å². The summed E-state index contributed by atoms with van der Waals surface area (Å²) in [7, 11) is 2.89. The first-order valence-corrected chi connectivity index (χ1v) is 7.57. The molecule has 0 heterocycles. The van der Waals surface area contributed by atoms with Gasteiger partial charge in [0, 0.05) is 17.4 Å². The monoisotopic (exact) mass is 316 g/mol. The Morgan fingerprint density at radius 2 is 1.95 bits per heavy atom. The van der Waals surface area contributed by atoms with Crippen LogP contribution in [0, 0.1) is 10.1 Å². The van der Waals surface area contributed by atoms with E-state index in [1.165, 1.54) is 38.1 Å². The molecule has 0 fully saturated rings. The fourth-order valence-electron chi connectivity index (χ4n) is 1.91. The second kappa shape index (κ2) is 7.94. The van der Waals surface area contributed by atoms with Gasteiger partial charge >= 0.3 is 0 Å². The molecule has 0 saturated heterocycles. The average Bonchev–Trinajstić information content (AvgIpc) is 2.47. The summed E-state index contributed by atoms with van der Waals surface area (Å²) in [4.78, 5) is 10.7. The van der Waals surface area contributed by atoms with E-state index in [9.17, 15) is 15.2 Å². The standard InChI is InChI=1S/C13H20N2O5S/c1-8(13(7-16)21-4)14-9-5-11(19-2)12(20-3)6-10(9)15(17)18/h5-6,8,13-14,16H,7H2,1-4H3. The zero-order chi connectivity index (χ0) is 16.0. The number of methoxy groups -OCH3 is 2. The van der Waals surface area contributed by atoms with Crippen LogP contribution >= 0.6 is 11.8 Å². The summed E-state index contributed by atoms with van der Waals surface area (Å²) >= 11 is 1.49. The van der Waals surface area contributed by atoms with Crippen molar-refractivity contribution in [1.82, 2.24) is 0 Å². The number of hydrogen-bond donors (Lipinski definition) is 2. The molecule has 8 heteroatoms. The first kappa shape index (κ1) is 17.4. The van der Waals surface area contributed by atoms with E-state index in [1.54, 1.807) is 0 Å². The molecule has 0 amide bonds. The van der Waals surface area contributed by atoms with Gasteiger partial charge in [0.15, 0.2) is 11.5 Å². The summed E-state index contributed by atoms with van der Waals surface area (Å²) in [5.74, 6) is 0.702. The third kappa shape index (κ3) is 4.15. The Kier molecular flexibility index (Phi) is 6.57. The topological polar surface area (TPSA) is 93.9 Å². The Hall–Kier alpha value is -1.67. The molecular weight excluding hydrogens is 296 g/mol. The van der Waals surface area contributed by atoms with E-state index >= 15 is 0 Å². The predicted molar refractivity (Wildman–Crippen MR) is 83.7 cm³/mol. The van der Waals surface area contributed by atoms with E-state index in [0.29, 0.717) is 17.2 Å². The molecule has 0 aliphatic heterocycles. The number of anilines is 1. The lowest BCUT2D eigenvalue weighted by Crippen LogP contribution is -2.31. The Balaban J connectivity index is 3.17. The number of nitro benzene ring substituents is 1. The van der Waals surface area contributed by atoms with Gasteiger partial charge in [0.25, 0.3) is 5.69 Å². The summed E-state index contributed by atoms with van der Waals surface area (Å²) in [5, 5.41) is 23.5. The molecule has 0 bridgehead atoms. The molecular formula is C13H20N2O5S. The highest BCUT2D eigenvalue weighted by Crippen LogP contribution is 2.38. The minimum Gasteiger partial charge on any atom is -0.493 e. The smallest absolute Gasteiger partial charge is 0.296 e. The number of ether oxygens (including phenoxy) is 2. The van der Waals surface area contributed by atoms with E-state index in [-0.39, 0.29) is 23.6 Å². The third-order valence-electron chi connectivity index (χ3n) is 3.12. The molecule has 1 rings (SSSR count). The molecule has 0 radical (unpaired) electrons. The normalized spacial score (nSPS) is 13.4. The highest BCUT2D eigenvalue weighted by atomic mass is 32.2. The van der Waals surface area contributed by atoms with E-state index < -0.39 is 4.92 Å². The fraction of sp³-hybridized carbons (Fsp3) is 0.538. The molecule has 0 aliphatic carbocycles. The second-order valence-corrected chi connectivity index (χ2v) is 5.45.